The van der Waals surface area contributed by atoms with Gasteiger partial charge in [0.05, 0.1) is 7.11 Å². The van der Waals surface area contributed by atoms with E-state index in [1.54, 1.807) is 7.11 Å². The smallest absolute Gasteiger partial charge is 0.123 e. The number of nitrogens with one attached hydrogen (secondary N) is 1. The van der Waals surface area contributed by atoms with E-state index in [1.807, 2.05) is 6.07 Å². The van der Waals surface area contributed by atoms with Gasteiger partial charge in [0, 0.05) is 17.5 Å². The summed E-state index contributed by atoms with van der Waals surface area (Å²) in [4.78, 5) is 0. The molecule has 3 heteroatoms. The van der Waals surface area contributed by atoms with E-state index in [0.29, 0.717) is 11.3 Å². The first-order valence-corrected chi connectivity index (χ1v) is 7.62. The molecule has 0 saturated heterocycles. The molecule has 1 aliphatic rings. The Morgan fingerprint density at radius 2 is 2.11 bits per heavy atom. The fraction of sp³-hybridized carbons (Fsp3) is 0.625. The second-order valence-electron chi connectivity index (χ2n) is 5.51. The average Bonchev–Trinajstić information content (AvgIpc) is 2.41. The minimum absolute atomic E-state index is 0.348. The van der Waals surface area contributed by atoms with Crippen LogP contribution in [0.3, 0.4) is 0 Å². The normalized spacial score (nSPS) is 23.3. The zero-order valence-corrected chi connectivity index (χ0v) is 12.7. The Morgan fingerprint density at radius 1 is 1.32 bits per heavy atom. The van der Waals surface area contributed by atoms with Crippen molar-refractivity contribution >= 4 is 11.6 Å². The van der Waals surface area contributed by atoms with Crippen LogP contribution in [-0.2, 0) is 6.54 Å². The van der Waals surface area contributed by atoms with Crippen molar-refractivity contribution in [2.45, 2.75) is 44.5 Å². The van der Waals surface area contributed by atoms with Crippen molar-refractivity contribution in [2.75, 3.05) is 13.7 Å². The number of halogens is 1. The number of aryl methyl sites for hydroxylation is 1. The van der Waals surface area contributed by atoms with Crippen molar-refractivity contribution < 1.29 is 4.74 Å². The third-order valence-corrected chi connectivity index (χ3v) is 4.55. The van der Waals surface area contributed by atoms with Crippen LogP contribution in [0.4, 0.5) is 0 Å². The Hall–Kier alpha value is -0.730. The lowest BCUT2D eigenvalue weighted by atomic mass is 9.88. The summed E-state index contributed by atoms with van der Waals surface area (Å²) in [6.07, 6.45) is 5.04. The van der Waals surface area contributed by atoms with E-state index in [0.717, 1.165) is 18.8 Å². The zero-order valence-electron chi connectivity index (χ0n) is 11.9. The molecule has 0 spiro atoms. The van der Waals surface area contributed by atoms with Crippen molar-refractivity contribution in [1.29, 1.82) is 0 Å². The SMILES string of the molecule is COc1ccc(C)cc1CNCC1CCCCC1Cl. The van der Waals surface area contributed by atoms with Gasteiger partial charge in [-0.1, -0.05) is 30.5 Å². The van der Waals surface area contributed by atoms with Gasteiger partial charge in [-0.2, -0.15) is 0 Å². The van der Waals surface area contributed by atoms with E-state index in [-0.39, 0.29) is 0 Å². The van der Waals surface area contributed by atoms with Gasteiger partial charge in [-0.15, -0.1) is 11.6 Å². The predicted octanol–water partition coefficient (Wildman–Crippen LogP) is 3.89. The minimum atomic E-state index is 0.348. The lowest BCUT2D eigenvalue weighted by molar-refractivity contribution is 0.346. The Balaban J connectivity index is 1.86. The molecule has 1 N–H and O–H groups in total. The molecule has 106 valence electrons. The van der Waals surface area contributed by atoms with E-state index in [9.17, 15) is 0 Å². The molecule has 1 fully saturated rings. The van der Waals surface area contributed by atoms with Gasteiger partial charge in [0.2, 0.25) is 0 Å². The van der Waals surface area contributed by atoms with Crippen molar-refractivity contribution in [2.24, 2.45) is 5.92 Å². The summed E-state index contributed by atoms with van der Waals surface area (Å²) in [5.74, 6) is 1.58. The van der Waals surface area contributed by atoms with Crippen LogP contribution in [0, 0.1) is 12.8 Å². The van der Waals surface area contributed by atoms with Crippen molar-refractivity contribution in [3.05, 3.63) is 29.3 Å². The first kappa shape index (κ1) is 14.7. The van der Waals surface area contributed by atoms with Gasteiger partial charge in [0.25, 0.3) is 0 Å². The molecular formula is C16H24ClNO. The maximum absolute atomic E-state index is 6.38. The summed E-state index contributed by atoms with van der Waals surface area (Å²) in [7, 11) is 1.73. The van der Waals surface area contributed by atoms with Gasteiger partial charge in [-0.25, -0.2) is 0 Å². The molecule has 0 aromatic heterocycles. The molecule has 2 atom stereocenters. The van der Waals surface area contributed by atoms with Gasteiger partial charge in [0.15, 0.2) is 0 Å². The lowest BCUT2D eigenvalue weighted by Crippen LogP contribution is -2.31. The first-order valence-electron chi connectivity index (χ1n) is 7.19. The monoisotopic (exact) mass is 281 g/mol. The van der Waals surface area contributed by atoms with Crippen LogP contribution in [0.2, 0.25) is 0 Å². The largest absolute Gasteiger partial charge is 0.496 e. The molecule has 0 amide bonds. The van der Waals surface area contributed by atoms with Gasteiger partial charge >= 0.3 is 0 Å². The molecule has 0 heterocycles. The Bertz CT molecular complexity index is 408. The highest BCUT2D eigenvalue weighted by atomic mass is 35.5. The predicted molar refractivity (Wildman–Crippen MR) is 81.0 cm³/mol. The first-order chi connectivity index (χ1) is 9.20. The summed E-state index contributed by atoms with van der Waals surface area (Å²) in [5.41, 5.74) is 2.50. The molecule has 2 rings (SSSR count). The Labute approximate surface area is 121 Å². The Kier molecular flexibility index (Phi) is 5.53. The van der Waals surface area contributed by atoms with Crippen molar-refractivity contribution in [3.8, 4) is 5.75 Å². The van der Waals surface area contributed by atoms with Crippen LogP contribution in [0.5, 0.6) is 5.75 Å². The van der Waals surface area contributed by atoms with Crippen LogP contribution >= 0.6 is 11.6 Å². The minimum Gasteiger partial charge on any atom is -0.496 e. The second kappa shape index (κ2) is 7.16. The lowest BCUT2D eigenvalue weighted by Gasteiger charge is -2.27. The maximum atomic E-state index is 6.38. The number of ether oxygens (including phenoxy) is 1. The van der Waals surface area contributed by atoms with E-state index in [1.165, 1.54) is 36.8 Å². The van der Waals surface area contributed by atoms with E-state index >= 15 is 0 Å². The summed E-state index contributed by atoms with van der Waals surface area (Å²) < 4.78 is 5.40. The fourth-order valence-electron chi connectivity index (χ4n) is 2.83. The van der Waals surface area contributed by atoms with Gasteiger partial charge in [0.1, 0.15) is 5.75 Å². The second-order valence-corrected chi connectivity index (χ2v) is 6.07. The molecule has 1 aromatic carbocycles. The van der Waals surface area contributed by atoms with E-state index < -0.39 is 0 Å². The van der Waals surface area contributed by atoms with Crippen LogP contribution in [0.15, 0.2) is 18.2 Å². The van der Waals surface area contributed by atoms with Crippen LogP contribution in [0.1, 0.15) is 36.8 Å². The Morgan fingerprint density at radius 3 is 2.84 bits per heavy atom. The number of benzene rings is 1. The van der Waals surface area contributed by atoms with E-state index in [4.69, 9.17) is 16.3 Å². The van der Waals surface area contributed by atoms with Gasteiger partial charge in [-0.3, -0.25) is 0 Å². The number of alkyl halides is 1. The number of rotatable bonds is 5. The highest BCUT2D eigenvalue weighted by Crippen LogP contribution is 2.28. The quantitative estimate of drug-likeness (QED) is 0.827. The third-order valence-electron chi connectivity index (χ3n) is 3.97. The summed E-state index contributed by atoms with van der Waals surface area (Å²) in [6.45, 7) is 3.97. The molecule has 1 saturated carbocycles. The fourth-order valence-corrected chi connectivity index (χ4v) is 3.20. The molecular weight excluding hydrogens is 258 g/mol. The zero-order chi connectivity index (χ0) is 13.7. The molecule has 2 nitrogen and oxygen atoms in total. The average molecular weight is 282 g/mol. The number of methoxy groups -OCH3 is 1. The van der Waals surface area contributed by atoms with Crippen LogP contribution < -0.4 is 10.1 Å². The molecule has 0 aliphatic heterocycles. The number of hydrogen-bond donors (Lipinski definition) is 1. The van der Waals surface area contributed by atoms with Crippen molar-refractivity contribution in [1.82, 2.24) is 5.32 Å². The van der Waals surface area contributed by atoms with Gasteiger partial charge < -0.3 is 10.1 Å². The molecule has 0 bridgehead atoms. The molecule has 1 aliphatic carbocycles. The molecule has 2 unspecified atom stereocenters. The van der Waals surface area contributed by atoms with E-state index in [2.05, 4.69) is 24.4 Å². The molecule has 19 heavy (non-hydrogen) atoms. The van der Waals surface area contributed by atoms with Crippen LogP contribution in [-0.4, -0.2) is 19.0 Å². The van der Waals surface area contributed by atoms with Crippen LogP contribution in [0.25, 0.3) is 0 Å². The highest BCUT2D eigenvalue weighted by Gasteiger charge is 2.22. The molecule has 0 radical (unpaired) electrons. The van der Waals surface area contributed by atoms with Gasteiger partial charge in [-0.05, 0) is 38.3 Å². The van der Waals surface area contributed by atoms with Crippen molar-refractivity contribution in [3.63, 3.8) is 0 Å². The highest BCUT2D eigenvalue weighted by molar-refractivity contribution is 6.20. The standard InChI is InChI=1S/C16H24ClNO/c1-12-7-8-16(19-2)14(9-12)11-18-10-13-5-3-4-6-15(13)17/h7-9,13,15,18H,3-6,10-11H2,1-2H3. The number of hydrogen-bond acceptors (Lipinski definition) is 2. The maximum Gasteiger partial charge on any atom is 0.123 e. The molecule has 1 aromatic rings. The summed E-state index contributed by atoms with van der Waals surface area (Å²) in [6, 6.07) is 6.31. The summed E-state index contributed by atoms with van der Waals surface area (Å²) >= 11 is 6.38. The third kappa shape index (κ3) is 4.12. The summed E-state index contributed by atoms with van der Waals surface area (Å²) in [5, 5.41) is 3.89. The topological polar surface area (TPSA) is 21.3 Å².